The lowest BCUT2D eigenvalue weighted by molar-refractivity contribution is 0.0959. The van der Waals surface area contributed by atoms with Gasteiger partial charge in [-0.25, -0.2) is 5.43 Å². The van der Waals surface area contributed by atoms with Crippen LogP contribution in [0, 0.1) is 5.92 Å². The van der Waals surface area contributed by atoms with E-state index in [0.717, 1.165) is 53.5 Å². The maximum absolute atomic E-state index is 12.4. The fourth-order valence-corrected chi connectivity index (χ4v) is 3.84. The van der Waals surface area contributed by atoms with Crippen molar-refractivity contribution in [2.45, 2.75) is 32.6 Å². The van der Waals surface area contributed by atoms with Crippen molar-refractivity contribution in [1.82, 2.24) is 5.43 Å². The van der Waals surface area contributed by atoms with E-state index in [-0.39, 0.29) is 5.91 Å². The highest BCUT2D eigenvalue weighted by Crippen LogP contribution is 2.34. The third-order valence-corrected chi connectivity index (χ3v) is 5.71. The molecule has 1 aromatic carbocycles. The molecule has 1 fully saturated rings. The number of carbonyl (C=O) groups is 1. The van der Waals surface area contributed by atoms with Gasteiger partial charge < -0.3 is 10.5 Å². The Bertz CT molecular complexity index is 770. The number of benzene rings is 1. The Hall–Kier alpha value is -2.34. The first-order valence-electron chi connectivity index (χ1n) is 8.46. The molecule has 1 saturated carbocycles. The van der Waals surface area contributed by atoms with Gasteiger partial charge in [0.15, 0.2) is 0 Å². The molecule has 3 N–H and O–H groups in total. The normalized spacial score (nSPS) is 17.2. The zero-order valence-corrected chi connectivity index (χ0v) is 15.4. The number of thiophene rings is 1. The Labute approximate surface area is 151 Å². The molecule has 132 valence electrons. The summed E-state index contributed by atoms with van der Waals surface area (Å²) < 4.78 is 5.17. The summed E-state index contributed by atoms with van der Waals surface area (Å²) in [5.41, 5.74) is 11.3. The van der Waals surface area contributed by atoms with Crippen LogP contribution in [-0.2, 0) is 0 Å². The summed E-state index contributed by atoms with van der Waals surface area (Å²) in [6.45, 7) is 2.25. The third kappa shape index (κ3) is 4.20. The fourth-order valence-electron chi connectivity index (χ4n) is 2.87. The van der Waals surface area contributed by atoms with Gasteiger partial charge >= 0.3 is 0 Å². The lowest BCUT2D eigenvalue weighted by Crippen LogP contribution is -2.21. The molecule has 6 heteroatoms. The molecule has 1 aromatic heterocycles. The Morgan fingerprint density at radius 3 is 2.60 bits per heavy atom. The van der Waals surface area contributed by atoms with E-state index in [0.29, 0.717) is 10.6 Å². The molecule has 0 bridgehead atoms. The number of hydrogen-bond acceptors (Lipinski definition) is 5. The zero-order chi connectivity index (χ0) is 17.8. The minimum Gasteiger partial charge on any atom is -0.497 e. The van der Waals surface area contributed by atoms with Gasteiger partial charge in [0, 0.05) is 10.6 Å². The van der Waals surface area contributed by atoms with E-state index in [2.05, 4.69) is 17.5 Å². The van der Waals surface area contributed by atoms with Crippen molar-refractivity contribution in [3.8, 4) is 16.2 Å². The lowest BCUT2D eigenvalue weighted by Gasteiger charge is -2.18. The van der Waals surface area contributed by atoms with E-state index in [4.69, 9.17) is 10.5 Å². The first kappa shape index (κ1) is 17.5. The molecule has 1 aliphatic rings. The average molecular weight is 357 g/mol. The van der Waals surface area contributed by atoms with Crippen LogP contribution in [0.1, 0.15) is 42.3 Å². The van der Waals surface area contributed by atoms with Gasteiger partial charge in [-0.3, -0.25) is 4.79 Å². The lowest BCUT2D eigenvalue weighted by atomic mass is 9.90. The van der Waals surface area contributed by atoms with Crippen LogP contribution < -0.4 is 15.9 Å². The molecule has 1 aliphatic carbocycles. The minimum absolute atomic E-state index is 0.242. The molecule has 1 heterocycles. The molecular weight excluding hydrogens is 334 g/mol. The van der Waals surface area contributed by atoms with Crippen LogP contribution in [0.5, 0.6) is 5.75 Å². The molecular formula is C19H23N3O2S. The number of rotatable bonds is 4. The van der Waals surface area contributed by atoms with Crippen molar-refractivity contribution in [2.24, 2.45) is 11.0 Å². The number of nitrogens with one attached hydrogen (secondary N) is 1. The molecule has 5 nitrogen and oxygen atoms in total. The minimum atomic E-state index is -0.242. The summed E-state index contributed by atoms with van der Waals surface area (Å²) in [6, 6.07) is 9.52. The SMILES string of the molecule is COc1ccc(-c2cc(N)c(C(=O)NN=C3CCC(C)CC3)s2)cc1. The van der Waals surface area contributed by atoms with E-state index >= 15 is 0 Å². The van der Waals surface area contributed by atoms with Crippen molar-refractivity contribution in [2.75, 3.05) is 12.8 Å². The zero-order valence-electron chi connectivity index (χ0n) is 14.5. The maximum atomic E-state index is 12.4. The van der Waals surface area contributed by atoms with Crippen LogP contribution >= 0.6 is 11.3 Å². The molecule has 0 saturated heterocycles. The Balaban J connectivity index is 1.70. The standard InChI is InChI=1S/C19H23N3O2S/c1-12-3-7-14(8-4-12)21-22-19(23)18-16(20)11-17(25-18)13-5-9-15(24-2)10-6-13/h5-6,9-12H,3-4,7-8,20H2,1-2H3,(H,22,23). The topological polar surface area (TPSA) is 76.7 Å². The quantitative estimate of drug-likeness (QED) is 0.801. The van der Waals surface area contributed by atoms with Gasteiger partial charge in [0.1, 0.15) is 10.6 Å². The number of nitrogen functional groups attached to an aromatic ring is 1. The molecule has 2 aromatic rings. The average Bonchev–Trinajstić information content (AvgIpc) is 3.03. The van der Waals surface area contributed by atoms with Crippen molar-refractivity contribution >= 4 is 28.6 Å². The molecule has 0 spiro atoms. The highest BCUT2D eigenvalue weighted by Gasteiger charge is 2.17. The first-order chi connectivity index (χ1) is 12.1. The predicted molar refractivity (Wildman–Crippen MR) is 103 cm³/mol. The van der Waals surface area contributed by atoms with E-state index in [1.54, 1.807) is 7.11 Å². The number of amides is 1. The largest absolute Gasteiger partial charge is 0.497 e. The van der Waals surface area contributed by atoms with E-state index in [1.807, 2.05) is 30.3 Å². The highest BCUT2D eigenvalue weighted by atomic mass is 32.1. The van der Waals surface area contributed by atoms with Gasteiger partial charge in [0.05, 0.1) is 12.8 Å². The number of nitrogens with two attached hydrogens (primary N) is 1. The maximum Gasteiger partial charge on any atom is 0.283 e. The summed E-state index contributed by atoms with van der Waals surface area (Å²) in [4.78, 5) is 13.9. The van der Waals surface area contributed by atoms with Crippen LogP contribution in [0.2, 0.25) is 0 Å². The van der Waals surface area contributed by atoms with E-state index in [9.17, 15) is 4.79 Å². The predicted octanol–water partition coefficient (Wildman–Crippen LogP) is 4.30. The fraction of sp³-hybridized carbons (Fsp3) is 0.368. The van der Waals surface area contributed by atoms with Crippen LogP contribution in [-0.4, -0.2) is 18.7 Å². The second-order valence-corrected chi connectivity index (χ2v) is 7.48. The smallest absolute Gasteiger partial charge is 0.283 e. The van der Waals surface area contributed by atoms with Crippen LogP contribution in [0.15, 0.2) is 35.4 Å². The van der Waals surface area contributed by atoms with Gasteiger partial charge in [0.2, 0.25) is 0 Å². The Morgan fingerprint density at radius 2 is 1.96 bits per heavy atom. The number of ether oxygens (including phenoxy) is 1. The van der Waals surface area contributed by atoms with Crippen LogP contribution in [0.3, 0.4) is 0 Å². The Morgan fingerprint density at radius 1 is 1.28 bits per heavy atom. The molecule has 0 atom stereocenters. The van der Waals surface area contributed by atoms with E-state index in [1.165, 1.54) is 11.3 Å². The molecule has 1 amide bonds. The number of carbonyl (C=O) groups excluding carboxylic acids is 1. The second-order valence-electron chi connectivity index (χ2n) is 6.43. The Kier molecular flexibility index (Phi) is 5.38. The number of hydrogen-bond donors (Lipinski definition) is 2. The van der Waals surface area contributed by atoms with Gasteiger partial charge in [-0.1, -0.05) is 6.92 Å². The third-order valence-electron chi connectivity index (χ3n) is 4.51. The van der Waals surface area contributed by atoms with Crippen molar-refractivity contribution < 1.29 is 9.53 Å². The van der Waals surface area contributed by atoms with Crippen LogP contribution in [0.25, 0.3) is 10.4 Å². The van der Waals surface area contributed by atoms with Gasteiger partial charge in [-0.2, -0.15) is 5.10 Å². The van der Waals surface area contributed by atoms with Gasteiger partial charge in [-0.15, -0.1) is 11.3 Å². The summed E-state index contributed by atoms with van der Waals surface area (Å²) in [5, 5.41) is 4.29. The summed E-state index contributed by atoms with van der Waals surface area (Å²) in [6.07, 6.45) is 4.19. The van der Waals surface area contributed by atoms with Crippen molar-refractivity contribution in [3.05, 3.63) is 35.2 Å². The number of methoxy groups -OCH3 is 1. The first-order valence-corrected chi connectivity index (χ1v) is 9.28. The molecule has 25 heavy (non-hydrogen) atoms. The van der Waals surface area contributed by atoms with Gasteiger partial charge in [-0.05, 0) is 67.5 Å². The second kappa shape index (κ2) is 7.70. The van der Waals surface area contributed by atoms with Crippen LogP contribution in [0.4, 0.5) is 5.69 Å². The molecule has 0 aliphatic heterocycles. The number of anilines is 1. The summed E-state index contributed by atoms with van der Waals surface area (Å²) >= 11 is 1.37. The van der Waals surface area contributed by atoms with E-state index < -0.39 is 0 Å². The monoisotopic (exact) mass is 357 g/mol. The molecule has 0 radical (unpaired) electrons. The number of hydrazone groups is 1. The van der Waals surface area contributed by atoms with Crippen molar-refractivity contribution in [1.29, 1.82) is 0 Å². The molecule has 3 rings (SSSR count). The summed E-state index contributed by atoms with van der Waals surface area (Å²) in [5.74, 6) is 1.30. The highest BCUT2D eigenvalue weighted by molar-refractivity contribution is 7.18. The summed E-state index contributed by atoms with van der Waals surface area (Å²) in [7, 11) is 1.63. The number of nitrogens with zero attached hydrogens (tertiary/aromatic N) is 1. The molecule has 0 unspecified atom stereocenters. The van der Waals surface area contributed by atoms with Gasteiger partial charge in [0.25, 0.3) is 5.91 Å². The van der Waals surface area contributed by atoms with Crippen molar-refractivity contribution in [3.63, 3.8) is 0 Å².